The number of aromatic amines is 1. The Labute approximate surface area is 486 Å². The second-order valence-corrected chi connectivity index (χ2v) is 32.9. The van der Waals surface area contributed by atoms with Gasteiger partial charge in [-0.25, -0.2) is 9.97 Å². The van der Waals surface area contributed by atoms with Crippen molar-refractivity contribution in [3.63, 3.8) is 0 Å². The highest BCUT2D eigenvalue weighted by Gasteiger charge is 2.20. The van der Waals surface area contributed by atoms with Crippen LogP contribution in [-0.2, 0) is 21.9 Å². The van der Waals surface area contributed by atoms with Crippen molar-refractivity contribution in [2.24, 2.45) is 21.7 Å². The summed E-state index contributed by atoms with van der Waals surface area (Å²) in [6.07, 6.45) is 5.22. The number of benzene rings is 4. The molecule has 0 aliphatic rings. The van der Waals surface area contributed by atoms with Crippen LogP contribution < -0.4 is 11.1 Å². The summed E-state index contributed by atoms with van der Waals surface area (Å²) in [6.45, 7) is 60.5. The van der Waals surface area contributed by atoms with E-state index in [-0.39, 0.29) is 33.0 Å². The van der Waals surface area contributed by atoms with E-state index in [1.807, 2.05) is 94.8 Å². The summed E-state index contributed by atoms with van der Waals surface area (Å²) < 4.78 is 6.91. The Morgan fingerprint density at radius 1 is 0.430 bits per heavy atom. The zero-order valence-electron chi connectivity index (χ0n) is 54.5. The minimum atomic E-state index is -0.228. The Bertz CT molecular complexity index is 3320. The number of fused-ring (bicyclic) bond motifs is 6. The van der Waals surface area contributed by atoms with Crippen LogP contribution >= 0.6 is 22.7 Å². The number of H-pyrrole nitrogens is 1. The van der Waals surface area contributed by atoms with Crippen LogP contribution in [0.3, 0.4) is 0 Å². The van der Waals surface area contributed by atoms with E-state index in [0.29, 0.717) is 27.0 Å². The maximum atomic E-state index is 12.1. The average Bonchev–Trinajstić information content (AvgIpc) is 4.03. The van der Waals surface area contributed by atoms with Gasteiger partial charge in [0, 0.05) is 43.0 Å². The van der Waals surface area contributed by atoms with Crippen LogP contribution in [0.5, 0.6) is 0 Å². The highest BCUT2D eigenvalue weighted by Crippen LogP contribution is 2.39. The molecule has 0 saturated heterocycles. The standard InChI is InChI=1S/C16H16S.C12H14N2O.C12H15N.C10H12N2OS.4C5H12/c1-16(2,3)13-9-6-8-12-11-7-4-5-10-14(11)17-15(12)13;1-12(2,3)14-8-13-10-7-5-4-6-9(10)11(14)15;1-12(2,3)10-4-5-11-9(8-10)6-7-13-11;1-10(2,3)12-6-11-7-4-5-14-8(7)9(12)13;4*1-5(2,3)4/h4-10H,1-3H3;4-8H,1-3H3;4-8,13H,1-3H3;4-6H,1-3H3;4*1-4H3. The molecule has 0 radical (unpaired) electrons. The van der Waals surface area contributed by atoms with Gasteiger partial charge in [0.25, 0.3) is 11.1 Å². The van der Waals surface area contributed by atoms with E-state index in [0.717, 1.165) is 15.7 Å². The Morgan fingerprint density at radius 2 is 0.886 bits per heavy atom. The molecule has 7 nitrogen and oxygen atoms in total. The van der Waals surface area contributed by atoms with Crippen molar-refractivity contribution in [2.75, 3.05) is 0 Å². The Morgan fingerprint density at radius 3 is 1.38 bits per heavy atom. The van der Waals surface area contributed by atoms with Gasteiger partial charge in [0.2, 0.25) is 0 Å². The van der Waals surface area contributed by atoms with Gasteiger partial charge in [-0.2, -0.15) is 0 Å². The molecular weight excluding hydrogens is 1010 g/mol. The first-order valence-electron chi connectivity index (χ1n) is 28.1. The fourth-order valence-electron chi connectivity index (χ4n) is 6.73. The van der Waals surface area contributed by atoms with Crippen molar-refractivity contribution >= 4 is 74.9 Å². The maximum absolute atomic E-state index is 12.1. The van der Waals surface area contributed by atoms with Crippen LogP contribution in [0, 0.1) is 21.7 Å². The van der Waals surface area contributed by atoms with E-state index in [1.165, 1.54) is 53.5 Å². The third-order valence-corrected chi connectivity index (χ3v) is 12.2. The normalized spacial score (nSPS) is 12.2. The summed E-state index contributed by atoms with van der Waals surface area (Å²) in [5.41, 5.74) is 7.69. The first kappa shape index (κ1) is 69.7. The van der Waals surface area contributed by atoms with Crippen molar-refractivity contribution < 1.29 is 0 Å². The van der Waals surface area contributed by atoms with Crippen molar-refractivity contribution in [3.05, 3.63) is 153 Å². The molecule has 9 heteroatoms. The van der Waals surface area contributed by atoms with E-state index in [4.69, 9.17) is 0 Å². The summed E-state index contributed by atoms with van der Waals surface area (Å²) in [5, 5.41) is 6.66. The third kappa shape index (κ3) is 26.2. The molecule has 0 unspecified atom stereocenters. The molecule has 1 N–H and O–H groups in total. The Kier molecular flexibility index (Phi) is 24.6. The SMILES string of the molecule is CC(C)(C)C.CC(C)(C)C.CC(C)(C)C.CC(C)(C)C.CC(C)(C)c1ccc2[nH]ccc2c1.CC(C)(C)c1cccc2c1sc1ccccc12.CC(C)(C)n1cnc2ccccc2c1=O.CC(C)(C)n1cnc2ccsc2c1=O. The molecule has 0 fully saturated rings. The van der Waals surface area contributed by atoms with Crippen LogP contribution in [0.2, 0.25) is 0 Å². The zero-order valence-corrected chi connectivity index (χ0v) is 56.1. The second-order valence-electron chi connectivity index (χ2n) is 30.9. The second kappa shape index (κ2) is 27.9. The molecular formula is C70H105N5O2S2. The van der Waals surface area contributed by atoms with E-state index < -0.39 is 0 Å². The topological polar surface area (TPSA) is 85.6 Å². The fourth-order valence-corrected chi connectivity index (χ4v) is 8.93. The summed E-state index contributed by atoms with van der Waals surface area (Å²) >= 11 is 3.36. The molecule has 0 amide bonds. The van der Waals surface area contributed by atoms with Crippen LogP contribution in [0.4, 0.5) is 0 Å². The van der Waals surface area contributed by atoms with Gasteiger partial charge in [0.05, 0.1) is 29.1 Å². The molecule has 0 aliphatic heterocycles. The van der Waals surface area contributed by atoms with Gasteiger partial charge in [-0.15, -0.1) is 22.7 Å². The molecule has 0 aliphatic carbocycles. The molecule has 5 heterocycles. The summed E-state index contributed by atoms with van der Waals surface area (Å²) in [7, 11) is 0. The zero-order chi connectivity index (χ0) is 60.9. The smallest absolute Gasteiger partial charge is 0.271 e. The molecule has 0 bridgehead atoms. The molecule has 5 aromatic heterocycles. The predicted molar refractivity (Wildman–Crippen MR) is 355 cm³/mol. The van der Waals surface area contributed by atoms with Crippen molar-refractivity contribution in [1.29, 1.82) is 0 Å². The van der Waals surface area contributed by atoms with Crippen molar-refractivity contribution in [2.45, 2.75) is 216 Å². The fraction of sp³-hybridized carbons (Fsp3) is 0.514. The summed E-state index contributed by atoms with van der Waals surface area (Å²) in [5.74, 6) is 0. The molecule has 0 spiro atoms. The Balaban J connectivity index is 0.000000324. The Hall–Kier alpha value is -5.38. The van der Waals surface area contributed by atoms with Gasteiger partial charge in [-0.05, 0) is 138 Å². The lowest BCUT2D eigenvalue weighted by Gasteiger charge is -2.21. The molecule has 434 valence electrons. The van der Waals surface area contributed by atoms with Gasteiger partial charge in [0.1, 0.15) is 4.70 Å². The number of para-hydroxylation sites is 1. The number of thiophene rings is 2. The highest BCUT2D eigenvalue weighted by atomic mass is 32.1. The van der Waals surface area contributed by atoms with Crippen molar-refractivity contribution in [1.82, 2.24) is 24.1 Å². The molecule has 9 rings (SSSR count). The van der Waals surface area contributed by atoms with Gasteiger partial charge in [-0.1, -0.05) is 207 Å². The van der Waals surface area contributed by atoms with Crippen molar-refractivity contribution in [3.8, 4) is 0 Å². The van der Waals surface area contributed by atoms with Gasteiger partial charge >= 0.3 is 0 Å². The number of nitrogens with one attached hydrogen (secondary N) is 1. The van der Waals surface area contributed by atoms with Crippen LogP contribution in [0.25, 0.3) is 52.2 Å². The lowest BCUT2D eigenvalue weighted by atomic mass is 9.86. The highest BCUT2D eigenvalue weighted by molar-refractivity contribution is 7.26. The minimum Gasteiger partial charge on any atom is -0.361 e. The number of hydrogen-bond acceptors (Lipinski definition) is 6. The lowest BCUT2D eigenvalue weighted by Crippen LogP contribution is -2.33. The van der Waals surface area contributed by atoms with E-state index in [9.17, 15) is 9.59 Å². The summed E-state index contributed by atoms with van der Waals surface area (Å²) in [6, 6.07) is 33.4. The lowest BCUT2D eigenvalue weighted by molar-refractivity contribution is 0.381. The van der Waals surface area contributed by atoms with Gasteiger partial charge in [0.15, 0.2) is 0 Å². The number of rotatable bonds is 0. The number of aromatic nitrogens is 5. The average molecular weight is 1110 g/mol. The van der Waals surface area contributed by atoms with E-state index in [1.54, 1.807) is 21.8 Å². The number of hydrogen-bond donors (Lipinski definition) is 1. The van der Waals surface area contributed by atoms with Crippen LogP contribution in [0.1, 0.15) is 205 Å². The van der Waals surface area contributed by atoms with Gasteiger partial charge in [-0.3, -0.25) is 18.7 Å². The quantitative estimate of drug-likeness (QED) is 0.164. The predicted octanol–water partition coefficient (Wildman–Crippen LogP) is 21.4. The minimum absolute atomic E-state index is 0.0214. The largest absolute Gasteiger partial charge is 0.361 e. The third-order valence-electron chi connectivity index (χ3n) is 10.1. The van der Waals surface area contributed by atoms with Crippen LogP contribution in [-0.4, -0.2) is 24.1 Å². The van der Waals surface area contributed by atoms with Crippen LogP contribution in [0.15, 0.2) is 131 Å². The maximum Gasteiger partial charge on any atom is 0.271 e. The molecule has 9 aromatic rings. The van der Waals surface area contributed by atoms with Gasteiger partial charge < -0.3 is 4.98 Å². The molecule has 79 heavy (non-hydrogen) atoms. The first-order valence-corrected chi connectivity index (χ1v) is 29.7. The molecule has 4 aromatic carbocycles. The molecule has 0 atom stereocenters. The number of nitrogens with zero attached hydrogens (tertiary/aromatic N) is 4. The van der Waals surface area contributed by atoms with E-state index in [2.05, 4.69) is 234 Å². The molecule has 0 saturated carbocycles. The van der Waals surface area contributed by atoms with E-state index >= 15 is 0 Å². The monoisotopic (exact) mass is 1110 g/mol. The summed E-state index contributed by atoms with van der Waals surface area (Å²) in [4.78, 5) is 35.8. The first-order chi connectivity index (χ1) is 35.6.